The van der Waals surface area contributed by atoms with Gasteiger partial charge in [0.2, 0.25) is 0 Å². The summed E-state index contributed by atoms with van der Waals surface area (Å²) in [5.74, 6) is 0.869. The fraction of sp³-hybridized carbons (Fsp3) is 0.571. The molecule has 1 rings (SSSR count). The summed E-state index contributed by atoms with van der Waals surface area (Å²) in [6, 6.07) is 6.37. The lowest BCUT2D eigenvalue weighted by molar-refractivity contribution is 0.0215. The van der Waals surface area contributed by atoms with Gasteiger partial charge in [0.25, 0.3) is 0 Å². The minimum Gasteiger partial charge on any atom is -0.467 e. The molecule has 0 saturated carbocycles. The van der Waals surface area contributed by atoms with Gasteiger partial charge in [0, 0.05) is 22.7 Å². The molecule has 0 aliphatic rings. The Bertz CT molecular complexity index is 358. The maximum atomic E-state index is 5.67. The van der Waals surface area contributed by atoms with Gasteiger partial charge in [0.15, 0.2) is 6.79 Å². The zero-order chi connectivity index (χ0) is 13.4. The number of nitrogens with one attached hydrogen (secondary N) is 1. The van der Waals surface area contributed by atoms with E-state index in [9.17, 15) is 0 Å². The van der Waals surface area contributed by atoms with Crippen molar-refractivity contribution in [3.63, 3.8) is 0 Å². The predicted octanol–water partition coefficient (Wildman–Crippen LogP) is 3.88. The molecular formula is C14H22BrNO2. The lowest BCUT2D eigenvalue weighted by atomic mass is 10.1. The van der Waals surface area contributed by atoms with Gasteiger partial charge in [-0.3, -0.25) is 0 Å². The first-order valence-corrected chi connectivity index (χ1v) is 7.21. The van der Waals surface area contributed by atoms with Crippen LogP contribution in [-0.4, -0.2) is 19.9 Å². The Labute approximate surface area is 118 Å². The molecule has 18 heavy (non-hydrogen) atoms. The number of rotatable bonds is 8. The summed E-state index contributed by atoms with van der Waals surface area (Å²) in [7, 11) is 0. The first-order valence-electron chi connectivity index (χ1n) is 6.42. The van der Waals surface area contributed by atoms with Crippen molar-refractivity contribution >= 4 is 15.9 Å². The fourth-order valence-corrected chi connectivity index (χ4v) is 1.99. The minimum atomic E-state index is 0.273. The highest BCUT2D eigenvalue weighted by molar-refractivity contribution is 9.10. The molecule has 0 aliphatic heterocycles. The van der Waals surface area contributed by atoms with Crippen LogP contribution in [0.4, 0.5) is 0 Å². The number of hydrogen-bond donors (Lipinski definition) is 1. The van der Waals surface area contributed by atoms with Crippen LogP contribution in [0.25, 0.3) is 0 Å². The molecule has 1 N–H and O–H groups in total. The van der Waals surface area contributed by atoms with Gasteiger partial charge in [0.1, 0.15) is 5.75 Å². The van der Waals surface area contributed by atoms with Crippen LogP contribution in [-0.2, 0) is 4.74 Å². The van der Waals surface area contributed by atoms with Gasteiger partial charge < -0.3 is 14.8 Å². The number of ether oxygens (including phenoxy) is 2. The van der Waals surface area contributed by atoms with E-state index in [1.807, 2.05) is 19.1 Å². The van der Waals surface area contributed by atoms with Gasteiger partial charge in [0.05, 0.1) is 0 Å². The molecule has 3 nitrogen and oxygen atoms in total. The third-order valence-corrected chi connectivity index (χ3v) is 3.14. The molecule has 0 amide bonds. The van der Waals surface area contributed by atoms with Gasteiger partial charge in [-0.25, -0.2) is 0 Å². The molecule has 0 radical (unpaired) electrons. The Morgan fingerprint density at radius 2 is 2.11 bits per heavy atom. The van der Waals surface area contributed by atoms with Crippen molar-refractivity contribution in [1.29, 1.82) is 0 Å². The van der Waals surface area contributed by atoms with Crippen LogP contribution in [0.3, 0.4) is 0 Å². The first-order chi connectivity index (χ1) is 8.69. The largest absolute Gasteiger partial charge is 0.467 e. The summed E-state index contributed by atoms with van der Waals surface area (Å²) in [5.41, 5.74) is 1.16. The molecule has 1 unspecified atom stereocenters. The summed E-state index contributed by atoms with van der Waals surface area (Å²) in [6.07, 6.45) is 1.12. The monoisotopic (exact) mass is 315 g/mol. The smallest absolute Gasteiger partial charge is 0.189 e. The zero-order valence-corrected chi connectivity index (χ0v) is 12.9. The SMILES string of the molecule is CCCNC(C)c1ccc(Br)cc1OCOCC. The zero-order valence-electron chi connectivity index (χ0n) is 11.3. The van der Waals surface area contributed by atoms with Crippen LogP contribution < -0.4 is 10.1 Å². The molecule has 0 spiro atoms. The summed E-state index contributed by atoms with van der Waals surface area (Å²) < 4.78 is 11.9. The van der Waals surface area contributed by atoms with E-state index in [1.165, 1.54) is 0 Å². The highest BCUT2D eigenvalue weighted by Gasteiger charge is 2.11. The molecule has 1 atom stereocenters. The maximum absolute atomic E-state index is 5.67. The van der Waals surface area contributed by atoms with Gasteiger partial charge in [-0.2, -0.15) is 0 Å². The second kappa shape index (κ2) is 8.51. The van der Waals surface area contributed by atoms with E-state index >= 15 is 0 Å². The Kier molecular flexibility index (Phi) is 7.32. The number of benzene rings is 1. The highest BCUT2D eigenvalue weighted by atomic mass is 79.9. The summed E-state index contributed by atoms with van der Waals surface area (Å²) >= 11 is 3.47. The van der Waals surface area contributed by atoms with Crippen LogP contribution in [0.5, 0.6) is 5.75 Å². The molecule has 4 heteroatoms. The third-order valence-electron chi connectivity index (χ3n) is 2.64. The second-order valence-electron chi connectivity index (χ2n) is 4.11. The normalized spacial score (nSPS) is 12.4. The minimum absolute atomic E-state index is 0.273. The molecule has 0 fully saturated rings. The van der Waals surface area contributed by atoms with E-state index in [0.717, 1.165) is 28.8 Å². The van der Waals surface area contributed by atoms with Gasteiger partial charge in [-0.1, -0.05) is 28.9 Å². The Morgan fingerprint density at radius 1 is 1.33 bits per heavy atom. The predicted molar refractivity (Wildman–Crippen MR) is 78.0 cm³/mol. The van der Waals surface area contributed by atoms with Gasteiger partial charge in [-0.05, 0) is 38.9 Å². The van der Waals surface area contributed by atoms with E-state index in [2.05, 4.69) is 41.2 Å². The Hall–Kier alpha value is -0.580. The van der Waals surface area contributed by atoms with E-state index < -0.39 is 0 Å². The lowest BCUT2D eigenvalue weighted by Crippen LogP contribution is -2.20. The molecule has 1 aromatic carbocycles. The maximum Gasteiger partial charge on any atom is 0.189 e. The lowest BCUT2D eigenvalue weighted by Gasteiger charge is -2.18. The van der Waals surface area contributed by atoms with E-state index in [1.54, 1.807) is 0 Å². The molecule has 0 aromatic heterocycles. The van der Waals surface area contributed by atoms with Crippen LogP contribution in [0.15, 0.2) is 22.7 Å². The quantitative estimate of drug-likeness (QED) is 0.583. The van der Waals surface area contributed by atoms with Crippen molar-refractivity contribution < 1.29 is 9.47 Å². The van der Waals surface area contributed by atoms with Gasteiger partial charge >= 0.3 is 0 Å². The van der Waals surface area contributed by atoms with Crippen molar-refractivity contribution in [3.8, 4) is 5.75 Å². The second-order valence-corrected chi connectivity index (χ2v) is 5.03. The molecule has 0 saturated heterocycles. The Balaban J connectivity index is 2.74. The number of halogens is 1. The summed E-state index contributed by atoms with van der Waals surface area (Å²) in [6.45, 7) is 8.21. The van der Waals surface area contributed by atoms with Gasteiger partial charge in [-0.15, -0.1) is 0 Å². The van der Waals surface area contributed by atoms with Crippen LogP contribution in [0.2, 0.25) is 0 Å². The fourth-order valence-electron chi connectivity index (χ4n) is 1.65. The molecule has 0 heterocycles. The van der Waals surface area contributed by atoms with Crippen LogP contribution >= 0.6 is 15.9 Å². The average Bonchev–Trinajstić information content (AvgIpc) is 2.36. The average molecular weight is 316 g/mol. The van der Waals surface area contributed by atoms with Crippen molar-refractivity contribution in [2.75, 3.05) is 19.9 Å². The van der Waals surface area contributed by atoms with Crippen molar-refractivity contribution in [1.82, 2.24) is 5.32 Å². The van der Waals surface area contributed by atoms with E-state index in [-0.39, 0.29) is 6.04 Å². The highest BCUT2D eigenvalue weighted by Crippen LogP contribution is 2.28. The molecular weight excluding hydrogens is 294 g/mol. The first kappa shape index (κ1) is 15.5. The summed E-state index contributed by atoms with van der Waals surface area (Å²) in [4.78, 5) is 0. The van der Waals surface area contributed by atoms with Crippen LogP contribution in [0, 0.1) is 0 Å². The van der Waals surface area contributed by atoms with Crippen molar-refractivity contribution in [3.05, 3.63) is 28.2 Å². The van der Waals surface area contributed by atoms with Crippen LogP contribution in [0.1, 0.15) is 38.8 Å². The molecule has 0 aliphatic carbocycles. The standard InChI is InChI=1S/C14H22BrNO2/c1-4-8-16-11(3)13-7-6-12(15)9-14(13)18-10-17-5-2/h6-7,9,11,16H,4-5,8,10H2,1-3H3. The summed E-state index contributed by atoms with van der Waals surface area (Å²) in [5, 5.41) is 3.46. The molecule has 102 valence electrons. The molecule has 1 aromatic rings. The Morgan fingerprint density at radius 3 is 2.78 bits per heavy atom. The molecule has 0 bridgehead atoms. The number of hydrogen-bond acceptors (Lipinski definition) is 3. The van der Waals surface area contributed by atoms with Crippen molar-refractivity contribution in [2.45, 2.75) is 33.2 Å². The third kappa shape index (κ3) is 4.96. The topological polar surface area (TPSA) is 30.5 Å². The van der Waals surface area contributed by atoms with E-state index in [4.69, 9.17) is 9.47 Å². The van der Waals surface area contributed by atoms with Crippen molar-refractivity contribution in [2.24, 2.45) is 0 Å². The van der Waals surface area contributed by atoms with E-state index in [0.29, 0.717) is 13.4 Å².